The van der Waals surface area contributed by atoms with Crippen molar-refractivity contribution < 1.29 is 14.6 Å². The summed E-state index contributed by atoms with van der Waals surface area (Å²) in [4.78, 5) is 14.3. The predicted octanol–water partition coefficient (Wildman–Crippen LogP) is -0.524. The van der Waals surface area contributed by atoms with Crippen molar-refractivity contribution in [1.29, 1.82) is 0 Å². The number of likely N-dealkylation sites (N-methyl/N-ethyl adjacent to an activating group) is 1. The van der Waals surface area contributed by atoms with Gasteiger partial charge in [-0.2, -0.15) is 0 Å². The van der Waals surface area contributed by atoms with Crippen molar-refractivity contribution in [2.45, 2.75) is 19.0 Å². The average molecular weight is 172 g/mol. The second-order valence-electron chi connectivity index (χ2n) is 2.64. The number of carboxylic acid groups (broad SMARTS) is 1. The molecule has 1 rings (SSSR count). The molecule has 2 atom stereocenters. The molecule has 0 saturated heterocycles. The molecule has 0 spiro atoms. The Hall–Kier alpha value is -1.10. The Morgan fingerprint density at radius 1 is 1.92 bits per heavy atom. The van der Waals surface area contributed by atoms with Crippen LogP contribution in [0, 0.1) is 0 Å². The van der Waals surface area contributed by atoms with Crippen LogP contribution in [-0.2, 0) is 9.53 Å². The second-order valence-corrected chi connectivity index (χ2v) is 2.64. The molecule has 0 radical (unpaired) electrons. The van der Waals surface area contributed by atoms with E-state index < -0.39 is 12.0 Å². The number of hydrogen-bond donors (Lipinski definition) is 2. The first-order chi connectivity index (χ1) is 5.65. The van der Waals surface area contributed by atoms with Crippen LogP contribution >= 0.6 is 0 Å². The summed E-state index contributed by atoms with van der Waals surface area (Å²) >= 11 is 0. The number of carboxylic acids is 1. The first-order valence-corrected chi connectivity index (χ1v) is 3.75. The zero-order valence-corrected chi connectivity index (χ0v) is 7.07. The van der Waals surface area contributed by atoms with Gasteiger partial charge in [-0.15, -0.1) is 0 Å². The molecule has 0 amide bonds. The molecule has 0 bridgehead atoms. The lowest BCUT2D eigenvalue weighted by molar-refractivity contribution is -0.138. The Morgan fingerprint density at radius 3 is 3.00 bits per heavy atom. The second kappa shape index (κ2) is 3.53. The molecule has 0 fully saturated rings. The lowest BCUT2D eigenvalue weighted by atomic mass is 10.3. The molecule has 0 saturated carbocycles. The van der Waals surface area contributed by atoms with Gasteiger partial charge in [-0.1, -0.05) is 0 Å². The number of aliphatic imine (C=N–C) groups is 1. The lowest BCUT2D eigenvalue weighted by Gasteiger charge is -2.07. The van der Waals surface area contributed by atoms with Crippen molar-refractivity contribution in [3.8, 4) is 0 Å². The molecule has 1 aliphatic rings. The first-order valence-electron chi connectivity index (χ1n) is 3.75. The SMILES string of the molecule is CNC(C)C1=NC(C(=O)O)CO1. The maximum Gasteiger partial charge on any atom is 0.332 e. The van der Waals surface area contributed by atoms with E-state index in [1.165, 1.54) is 0 Å². The molecule has 0 aromatic rings. The molecule has 12 heavy (non-hydrogen) atoms. The number of nitrogens with one attached hydrogen (secondary N) is 1. The minimum absolute atomic E-state index is 0.0191. The number of aliphatic carboxylic acids is 1. The highest BCUT2D eigenvalue weighted by Crippen LogP contribution is 2.06. The Balaban J connectivity index is 2.59. The van der Waals surface area contributed by atoms with E-state index >= 15 is 0 Å². The maximum absolute atomic E-state index is 10.5. The molecule has 5 heteroatoms. The largest absolute Gasteiger partial charge is 0.480 e. The summed E-state index contributed by atoms with van der Waals surface area (Å²) in [6.07, 6.45) is 0. The fourth-order valence-corrected chi connectivity index (χ4v) is 0.879. The van der Waals surface area contributed by atoms with Crippen molar-refractivity contribution >= 4 is 11.9 Å². The van der Waals surface area contributed by atoms with Crippen LogP contribution in [0.25, 0.3) is 0 Å². The normalized spacial score (nSPS) is 24.5. The van der Waals surface area contributed by atoms with E-state index in [0.717, 1.165) is 0 Å². The van der Waals surface area contributed by atoms with Crippen LogP contribution < -0.4 is 5.32 Å². The summed E-state index contributed by atoms with van der Waals surface area (Å²) in [7, 11) is 1.77. The Labute approximate surface area is 70.4 Å². The van der Waals surface area contributed by atoms with Gasteiger partial charge in [0, 0.05) is 0 Å². The number of nitrogens with zero attached hydrogens (tertiary/aromatic N) is 1. The number of hydrogen-bond acceptors (Lipinski definition) is 4. The average Bonchev–Trinajstić information content (AvgIpc) is 2.51. The standard InChI is InChI=1S/C7H12N2O3/c1-4(8-2)6-9-5(3-12-6)7(10)11/h4-5,8H,3H2,1-2H3,(H,10,11). The number of ether oxygens (including phenoxy) is 1. The van der Waals surface area contributed by atoms with E-state index in [2.05, 4.69) is 10.3 Å². The summed E-state index contributed by atoms with van der Waals surface area (Å²) in [5.41, 5.74) is 0. The molecular formula is C7H12N2O3. The highest BCUT2D eigenvalue weighted by atomic mass is 16.5. The molecule has 2 unspecified atom stereocenters. The summed E-state index contributed by atoms with van der Waals surface area (Å²) in [6.45, 7) is 2.01. The zero-order chi connectivity index (χ0) is 9.14. The van der Waals surface area contributed by atoms with Crippen LogP contribution in [0.3, 0.4) is 0 Å². The van der Waals surface area contributed by atoms with Gasteiger partial charge in [0.05, 0.1) is 6.04 Å². The summed E-state index contributed by atoms with van der Waals surface area (Å²) in [6, 6.07) is -0.745. The van der Waals surface area contributed by atoms with E-state index in [9.17, 15) is 4.79 Å². The zero-order valence-electron chi connectivity index (χ0n) is 7.07. The molecule has 1 aliphatic heterocycles. The topological polar surface area (TPSA) is 70.9 Å². The van der Waals surface area contributed by atoms with Crippen LogP contribution in [0.1, 0.15) is 6.92 Å². The third-order valence-electron chi connectivity index (χ3n) is 1.76. The lowest BCUT2D eigenvalue weighted by Crippen LogP contribution is -2.30. The van der Waals surface area contributed by atoms with Crippen LogP contribution in [0.4, 0.5) is 0 Å². The van der Waals surface area contributed by atoms with Crippen LogP contribution in [-0.4, -0.2) is 42.7 Å². The van der Waals surface area contributed by atoms with Crippen LogP contribution in [0.2, 0.25) is 0 Å². The Morgan fingerprint density at radius 2 is 2.58 bits per heavy atom. The summed E-state index contributed by atoms with van der Waals surface area (Å²) in [5, 5.41) is 11.5. The van der Waals surface area contributed by atoms with Gasteiger partial charge in [0.2, 0.25) is 5.90 Å². The Bertz CT molecular complexity index is 215. The number of rotatable bonds is 3. The summed E-state index contributed by atoms with van der Waals surface area (Å²) < 4.78 is 5.09. The van der Waals surface area contributed by atoms with Gasteiger partial charge in [-0.25, -0.2) is 9.79 Å². The van der Waals surface area contributed by atoms with Gasteiger partial charge >= 0.3 is 5.97 Å². The molecule has 0 aromatic heterocycles. The minimum atomic E-state index is -0.937. The molecule has 5 nitrogen and oxygen atoms in total. The molecule has 68 valence electrons. The Kier molecular flexibility index (Phi) is 2.65. The highest BCUT2D eigenvalue weighted by Gasteiger charge is 2.27. The van der Waals surface area contributed by atoms with Crippen molar-refractivity contribution in [1.82, 2.24) is 5.32 Å². The van der Waals surface area contributed by atoms with E-state index in [-0.39, 0.29) is 12.6 Å². The molecule has 0 aliphatic carbocycles. The number of carbonyl (C=O) groups is 1. The van der Waals surface area contributed by atoms with Crippen LogP contribution in [0.5, 0.6) is 0 Å². The van der Waals surface area contributed by atoms with E-state index in [1.807, 2.05) is 6.92 Å². The van der Waals surface area contributed by atoms with Crippen molar-refractivity contribution in [3.63, 3.8) is 0 Å². The van der Waals surface area contributed by atoms with Crippen LogP contribution in [0.15, 0.2) is 4.99 Å². The molecule has 1 heterocycles. The summed E-state index contributed by atoms with van der Waals surface area (Å²) in [5.74, 6) is -0.460. The monoisotopic (exact) mass is 172 g/mol. The molecule has 0 aromatic carbocycles. The van der Waals surface area contributed by atoms with Gasteiger partial charge in [-0.05, 0) is 14.0 Å². The fourth-order valence-electron chi connectivity index (χ4n) is 0.879. The highest BCUT2D eigenvalue weighted by molar-refractivity contribution is 5.87. The van der Waals surface area contributed by atoms with Crippen molar-refractivity contribution in [2.24, 2.45) is 4.99 Å². The third kappa shape index (κ3) is 1.73. The van der Waals surface area contributed by atoms with E-state index in [4.69, 9.17) is 9.84 Å². The third-order valence-corrected chi connectivity index (χ3v) is 1.76. The van der Waals surface area contributed by atoms with Gasteiger partial charge in [0.25, 0.3) is 0 Å². The van der Waals surface area contributed by atoms with Crippen molar-refractivity contribution in [2.75, 3.05) is 13.7 Å². The minimum Gasteiger partial charge on any atom is -0.480 e. The maximum atomic E-state index is 10.5. The van der Waals surface area contributed by atoms with Gasteiger partial charge in [-0.3, -0.25) is 0 Å². The first kappa shape index (κ1) is 8.99. The van der Waals surface area contributed by atoms with Crippen molar-refractivity contribution in [3.05, 3.63) is 0 Å². The van der Waals surface area contributed by atoms with Gasteiger partial charge < -0.3 is 15.2 Å². The quantitative estimate of drug-likeness (QED) is 0.600. The van der Waals surface area contributed by atoms with Gasteiger partial charge in [0.15, 0.2) is 6.04 Å². The fraction of sp³-hybridized carbons (Fsp3) is 0.714. The molecular weight excluding hydrogens is 160 g/mol. The predicted molar refractivity (Wildman–Crippen MR) is 43.3 cm³/mol. The van der Waals surface area contributed by atoms with E-state index in [0.29, 0.717) is 5.90 Å². The van der Waals surface area contributed by atoms with E-state index in [1.54, 1.807) is 7.05 Å². The smallest absolute Gasteiger partial charge is 0.332 e. The van der Waals surface area contributed by atoms with Gasteiger partial charge in [0.1, 0.15) is 6.61 Å². The molecule has 2 N–H and O–H groups in total.